The summed E-state index contributed by atoms with van der Waals surface area (Å²) < 4.78 is 1.72. The number of amides is 1. The Kier molecular flexibility index (Phi) is 3.89. The van der Waals surface area contributed by atoms with E-state index in [4.69, 9.17) is 11.6 Å². The summed E-state index contributed by atoms with van der Waals surface area (Å²) in [5.41, 5.74) is 1.28. The van der Waals surface area contributed by atoms with Crippen LogP contribution in [0.4, 0.5) is 5.82 Å². The lowest BCUT2D eigenvalue weighted by atomic mass is 10.2. The number of pyridine rings is 1. The number of rotatable bonds is 4. The first-order chi connectivity index (χ1) is 10.7. The molecular weight excluding hydrogens is 302 g/mol. The molecule has 1 N–H and O–H groups in total. The third-order valence-corrected chi connectivity index (χ3v) is 3.48. The van der Waals surface area contributed by atoms with E-state index in [9.17, 15) is 9.59 Å². The van der Waals surface area contributed by atoms with Crippen molar-refractivity contribution in [3.8, 4) is 0 Å². The van der Waals surface area contributed by atoms with Crippen LogP contribution in [0.3, 0.4) is 0 Å². The number of hydrogen-bond acceptors (Lipinski definition) is 3. The monoisotopic (exact) mass is 313 g/mol. The molecule has 0 aliphatic carbocycles. The summed E-state index contributed by atoms with van der Waals surface area (Å²) >= 11 is 5.96. The average molecular weight is 314 g/mol. The molecule has 0 spiro atoms. The van der Waals surface area contributed by atoms with Crippen molar-refractivity contribution in [1.29, 1.82) is 0 Å². The number of carbonyl (C=O) groups excluding carboxylic acids is 2. The third-order valence-electron chi connectivity index (χ3n) is 3.25. The molecule has 2 heterocycles. The summed E-state index contributed by atoms with van der Waals surface area (Å²) in [5.74, 6) is 0.269. The van der Waals surface area contributed by atoms with Crippen LogP contribution in [-0.2, 0) is 11.3 Å². The molecule has 0 aliphatic heterocycles. The van der Waals surface area contributed by atoms with E-state index in [1.54, 1.807) is 53.4 Å². The molecule has 6 heteroatoms. The first-order valence-corrected chi connectivity index (χ1v) is 6.99. The minimum Gasteiger partial charge on any atom is -0.337 e. The van der Waals surface area contributed by atoms with Gasteiger partial charge in [-0.15, -0.1) is 0 Å². The Bertz CT molecular complexity index is 843. The number of aldehydes is 1. The topological polar surface area (TPSA) is 64.0 Å². The van der Waals surface area contributed by atoms with Crippen molar-refractivity contribution >= 4 is 40.5 Å². The van der Waals surface area contributed by atoms with Crippen LogP contribution in [-0.4, -0.2) is 21.7 Å². The highest BCUT2D eigenvalue weighted by Gasteiger charge is 2.11. The number of aromatic nitrogens is 2. The number of hydrogen-bond donors (Lipinski definition) is 1. The second-order valence-corrected chi connectivity index (χ2v) is 5.19. The maximum absolute atomic E-state index is 12.1. The number of nitrogens with zero attached hydrogens (tertiary/aromatic N) is 2. The fraction of sp³-hybridized carbons (Fsp3) is 0.0625. The van der Waals surface area contributed by atoms with Gasteiger partial charge in [-0.25, -0.2) is 4.98 Å². The molecule has 1 aromatic carbocycles. The zero-order valence-corrected chi connectivity index (χ0v) is 12.2. The second kappa shape index (κ2) is 5.99. The Morgan fingerprint density at radius 1 is 1.32 bits per heavy atom. The van der Waals surface area contributed by atoms with Crippen molar-refractivity contribution in [3.05, 3.63) is 59.4 Å². The second-order valence-electron chi connectivity index (χ2n) is 4.75. The van der Waals surface area contributed by atoms with E-state index in [1.165, 1.54) is 0 Å². The first kappa shape index (κ1) is 14.3. The van der Waals surface area contributed by atoms with Crippen LogP contribution in [0.1, 0.15) is 10.4 Å². The molecule has 0 unspecified atom stereocenters. The third kappa shape index (κ3) is 2.84. The van der Waals surface area contributed by atoms with Gasteiger partial charge in [-0.1, -0.05) is 17.7 Å². The molecule has 0 bridgehead atoms. The molecule has 5 nitrogen and oxygen atoms in total. The Balaban J connectivity index is 1.87. The summed E-state index contributed by atoms with van der Waals surface area (Å²) in [7, 11) is 0. The standard InChI is InChI=1S/C16H12ClN3O2/c17-12-4-5-14-13(7-12)11(10-21)8-20(14)9-16(22)19-15-3-1-2-6-18-15/h1-8,10H,9H2,(H,18,19,22). The summed E-state index contributed by atoms with van der Waals surface area (Å²) in [4.78, 5) is 27.3. The fourth-order valence-corrected chi connectivity index (χ4v) is 2.47. The molecule has 0 radical (unpaired) electrons. The number of fused-ring (bicyclic) bond motifs is 1. The molecule has 22 heavy (non-hydrogen) atoms. The fourth-order valence-electron chi connectivity index (χ4n) is 2.30. The Hall–Kier alpha value is -2.66. The SMILES string of the molecule is O=Cc1cn(CC(=O)Nc2ccccn2)c2ccc(Cl)cc12. The Morgan fingerprint density at radius 3 is 2.91 bits per heavy atom. The zero-order valence-electron chi connectivity index (χ0n) is 11.5. The molecular formula is C16H12ClN3O2. The zero-order chi connectivity index (χ0) is 15.5. The molecule has 1 amide bonds. The van der Waals surface area contributed by atoms with Crippen molar-refractivity contribution in [1.82, 2.24) is 9.55 Å². The quantitative estimate of drug-likeness (QED) is 0.753. The van der Waals surface area contributed by atoms with Crippen LogP contribution in [0.2, 0.25) is 5.02 Å². The van der Waals surface area contributed by atoms with Crippen molar-refractivity contribution in [2.45, 2.75) is 6.54 Å². The van der Waals surface area contributed by atoms with Crippen LogP contribution in [0.25, 0.3) is 10.9 Å². The van der Waals surface area contributed by atoms with Gasteiger partial charge < -0.3 is 9.88 Å². The molecule has 0 saturated carbocycles. The summed E-state index contributed by atoms with van der Waals surface area (Å²) in [6.45, 7) is 0.0859. The van der Waals surface area contributed by atoms with Crippen LogP contribution in [0.5, 0.6) is 0 Å². The minimum absolute atomic E-state index is 0.0859. The van der Waals surface area contributed by atoms with Gasteiger partial charge >= 0.3 is 0 Å². The molecule has 0 atom stereocenters. The minimum atomic E-state index is -0.219. The lowest BCUT2D eigenvalue weighted by Crippen LogP contribution is -2.18. The van der Waals surface area contributed by atoms with E-state index in [2.05, 4.69) is 10.3 Å². The Morgan fingerprint density at radius 2 is 2.18 bits per heavy atom. The van der Waals surface area contributed by atoms with E-state index < -0.39 is 0 Å². The van der Waals surface area contributed by atoms with Crippen LogP contribution in [0.15, 0.2) is 48.8 Å². The number of carbonyl (C=O) groups is 2. The molecule has 0 fully saturated rings. The van der Waals surface area contributed by atoms with Crippen LogP contribution in [0, 0.1) is 0 Å². The summed E-state index contributed by atoms with van der Waals surface area (Å²) in [6, 6.07) is 10.5. The van der Waals surface area contributed by atoms with Gasteiger partial charge in [-0.05, 0) is 30.3 Å². The lowest BCUT2D eigenvalue weighted by molar-refractivity contribution is -0.116. The van der Waals surface area contributed by atoms with Crippen molar-refractivity contribution in [2.24, 2.45) is 0 Å². The van der Waals surface area contributed by atoms with E-state index in [1.807, 2.05) is 0 Å². The van der Waals surface area contributed by atoms with Gasteiger partial charge in [0.05, 0.1) is 0 Å². The molecule has 0 saturated heterocycles. The first-order valence-electron chi connectivity index (χ1n) is 6.62. The number of benzene rings is 1. The normalized spacial score (nSPS) is 10.6. The molecule has 0 aliphatic rings. The van der Waals surface area contributed by atoms with Gasteiger partial charge in [0.15, 0.2) is 6.29 Å². The maximum Gasteiger partial charge on any atom is 0.245 e. The number of anilines is 1. The van der Waals surface area contributed by atoms with Gasteiger partial charge in [-0.2, -0.15) is 0 Å². The molecule has 3 aromatic rings. The number of nitrogens with one attached hydrogen (secondary N) is 1. The van der Waals surface area contributed by atoms with Crippen molar-refractivity contribution in [3.63, 3.8) is 0 Å². The molecule has 3 rings (SSSR count). The highest BCUT2D eigenvalue weighted by atomic mass is 35.5. The van der Waals surface area contributed by atoms with E-state index >= 15 is 0 Å². The lowest BCUT2D eigenvalue weighted by Gasteiger charge is -2.06. The van der Waals surface area contributed by atoms with Crippen LogP contribution >= 0.6 is 11.6 Å². The van der Waals surface area contributed by atoms with E-state index in [-0.39, 0.29) is 12.5 Å². The number of halogens is 1. The smallest absolute Gasteiger partial charge is 0.245 e. The van der Waals surface area contributed by atoms with E-state index in [0.29, 0.717) is 16.4 Å². The molecule has 110 valence electrons. The summed E-state index contributed by atoms with van der Waals surface area (Å²) in [6.07, 6.45) is 4.00. The largest absolute Gasteiger partial charge is 0.337 e. The highest BCUT2D eigenvalue weighted by molar-refractivity contribution is 6.31. The maximum atomic E-state index is 12.1. The van der Waals surface area contributed by atoms with Crippen LogP contribution < -0.4 is 5.32 Å². The molecule has 2 aromatic heterocycles. The van der Waals surface area contributed by atoms with E-state index in [0.717, 1.165) is 17.2 Å². The highest BCUT2D eigenvalue weighted by Crippen LogP contribution is 2.24. The van der Waals surface area contributed by atoms with Crippen molar-refractivity contribution in [2.75, 3.05) is 5.32 Å². The van der Waals surface area contributed by atoms with Gasteiger partial charge in [0.2, 0.25) is 5.91 Å². The van der Waals surface area contributed by atoms with Crippen molar-refractivity contribution < 1.29 is 9.59 Å². The average Bonchev–Trinajstić information content (AvgIpc) is 2.85. The predicted molar refractivity (Wildman–Crippen MR) is 85.2 cm³/mol. The predicted octanol–water partition coefficient (Wildman–Crippen LogP) is 3.14. The van der Waals surface area contributed by atoms with Gasteiger partial charge in [0.25, 0.3) is 0 Å². The Labute approximate surface area is 131 Å². The summed E-state index contributed by atoms with van der Waals surface area (Å²) in [5, 5.41) is 3.99. The van der Waals surface area contributed by atoms with Gasteiger partial charge in [0, 0.05) is 33.9 Å². The van der Waals surface area contributed by atoms with Gasteiger partial charge in [-0.3, -0.25) is 9.59 Å². The van der Waals surface area contributed by atoms with Gasteiger partial charge in [0.1, 0.15) is 12.4 Å².